The Bertz CT molecular complexity index is 167. The standard InChI is InChI=1S/C8H17N3O.C2H6/c1-7(12)5-3-4-6-11-8(9)10-2;1-2/h3-6H2,1-2H3,(H3,9,10,11);1-2H3. The predicted octanol–water partition coefficient (Wildman–Crippen LogP) is 1.31. The number of hydrogen-bond donors (Lipinski definition) is 2. The van der Waals surface area contributed by atoms with Crippen LogP contribution in [0, 0.1) is 0 Å². The van der Waals surface area contributed by atoms with Gasteiger partial charge in [-0.2, -0.15) is 0 Å². The van der Waals surface area contributed by atoms with Crippen LogP contribution in [0.3, 0.4) is 0 Å². The Balaban J connectivity index is 0. The van der Waals surface area contributed by atoms with Crippen molar-refractivity contribution in [2.24, 2.45) is 10.7 Å². The van der Waals surface area contributed by atoms with Gasteiger partial charge in [0.05, 0.1) is 0 Å². The van der Waals surface area contributed by atoms with Crippen molar-refractivity contribution >= 4 is 11.7 Å². The molecule has 0 aliphatic carbocycles. The molecule has 0 aromatic rings. The summed E-state index contributed by atoms with van der Waals surface area (Å²) in [5.74, 6) is 0.699. The lowest BCUT2D eigenvalue weighted by atomic mass is 10.2. The van der Waals surface area contributed by atoms with Gasteiger partial charge in [0.2, 0.25) is 0 Å². The second kappa shape index (κ2) is 11.9. The number of Topliss-reactive ketones (excluding diaryl/α,β-unsaturated/α-hetero) is 1. The molecule has 4 nitrogen and oxygen atoms in total. The van der Waals surface area contributed by atoms with Crippen molar-refractivity contribution in [1.29, 1.82) is 0 Å². The molecule has 0 radical (unpaired) electrons. The smallest absolute Gasteiger partial charge is 0.188 e. The molecule has 4 heteroatoms. The van der Waals surface area contributed by atoms with Crippen LogP contribution in [0.4, 0.5) is 0 Å². The second-order valence-electron chi connectivity index (χ2n) is 2.69. The molecule has 0 saturated heterocycles. The van der Waals surface area contributed by atoms with Crippen molar-refractivity contribution in [3.8, 4) is 0 Å². The number of nitrogens with one attached hydrogen (secondary N) is 1. The van der Waals surface area contributed by atoms with Crippen LogP contribution < -0.4 is 11.1 Å². The number of hydrogen-bond acceptors (Lipinski definition) is 2. The Morgan fingerprint density at radius 1 is 1.36 bits per heavy atom. The molecular formula is C10H23N3O. The zero-order valence-electron chi connectivity index (χ0n) is 9.76. The van der Waals surface area contributed by atoms with E-state index in [1.165, 1.54) is 0 Å². The van der Waals surface area contributed by atoms with Crippen molar-refractivity contribution in [3.63, 3.8) is 0 Å². The lowest BCUT2D eigenvalue weighted by Gasteiger charge is -2.02. The van der Waals surface area contributed by atoms with Crippen LogP contribution in [0.1, 0.15) is 40.0 Å². The maximum absolute atomic E-state index is 10.5. The second-order valence-corrected chi connectivity index (χ2v) is 2.69. The molecule has 0 aliphatic heterocycles. The molecule has 0 unspecified atom stereocenters. The lowest BCUT2D eigenvalue weighted by molar-refractivity contribution is -0.117. The molecule has 0 atom stereocenters. The fourth-order valence-corrected chi connectivity index (χ4v) is 0.794. The lowest BCUT2D eigenvalue weighted by Crippen LogP contribution is -2.32. The van der Waals surface area contributed by atoms with E-state index in [1.54, 1.807) is 14.0 Å². The first-order valence-corrected chi connectivity index (χ1v) is 5.12. The average Bonchev–Trinajstić information content (AvgIpc) is 2.19. The molecule has 84 valence electrons. The highest BCUT2D eigenvalue weighted by molar-refractivity contribution is 5.77. The number of nitrogens with two attached hydrogens (primary N) is 1. The van der Waals surface area contributed by atoms with Gasteiger partial charge in [-0.05, 0) is 19.8 Å². The largest absolute Gasteiger partial charge is 0.370 e. The molecule has 0 bridgehead atoms. The summed E-state index contributed by atoms with van der Waals surface area (Å²) in [6.45, 7) is 6.39. The van der Waals surface area contributed by atoms with Crippen molar-refractivity contribution in [2.75, 3.05) is 13.6 Å². The van der Waals surface area contributed by atoms with Gasteiger partial charge in [0.1, 0.15) is 5.78 Å². The van der Waals surface area contributed by atoms with E-state index in [9.17, 15) is 4.79 Å². The molecule has 0 heterocycles. The van der Waals surface area contributed by atoms with E-state index in [0.29, 0.717) is 12.4 Å². The summed E-state index contributed by atoms with van der Waals surface area (Å²) in [5, 5.41) is 2.92. The van der Waals surface area contributed by atoms with E-state index < -0.39 is 0 Å². The Kier molecular flexibility index (Phi) is 13.1. The molecule has 14 heavy (non-hydrogen) atoms. The minimum atomic E-state index is 0.243. The Hall–Kier alpha value is -1.06. The van der Waals surface area contributed by atoms with E-state index in [0.717, 1.165) is 19.4 Å². The molecule has 0 fully saturated rings. The molecule has 0 aromatic heterocycles. The Morgan fingerprint density at radius 3 is 2.36 bits per heavy atom. The number of aliphatic imine (C=N–C) groups is 1. The van der Waals surface area contributed by atoms with Crippen molar-refractivity contribution in [3.05, 3.63) is 0 Å². The minimum absolute atomic E-state index is 0.243. The van der Waals surface area contributed by atoms with E-state index in [4.69, 9.17) is 5.73 Å². The van der Waals surface area contributed by atoms with Crippen LogP contribution in [0.2, 0.25) is 0 Å². The van der Waals surface area contributed by atoms with Crippen molar-refractivity contribution in [2.45, 2.75) is 40.0 Å². The number of ketones is 1. The third-order valence-corrected chi connectivity index (χ3v) is 1.50. The zero-order valence-corrected chi connectivity index (χ0v) is 9.76. The van der Waals surface area contributed by atoms with Crippen LogP contribution in [0.5, 0.6) is 0 Å². The van der Waals surface area contributed by atoms with Crippen molar-refractivity contribution < 1.29 is 4.79 Å². The summed E-state index contributed by atoms with van der Waals surface area (Å²) in [5.41, 5.74) is 5.39. The molecule has 0 aliphatic rings. The highest BCUT2D eigenvalue weighted by atomic mass is 16.1. The quantitative estimate of drug-likeness (QED) is 0.400. The molecule has 0 aromatic carbocycles. The average molecular weight is 201 g/mol. The number of guanidine groups is 1. The number of carbonyl (C=O) groups excluding carboxylic acids is 1. The van der Waals surface area contributed by atoms with Gasteiger partial charge in [-0.15, -0.1) is 0 Å². The highest BCUT2D eigenvalue weighted by Crippen LogP contribution is 1.93. The summed E-state index contributed by atoms with van der Waals surface area (Å²) in [4.78, 5) is 14.3. The van der Waals surface area contributed by atoms with Crippen molar-refractivity contribution in [1.82, 2.24) is 5.32 Å². The van der Waals surface area contributed by atoms with E-state index in [-0.39, 0.29) is 5.78 Å². The van der Waals surface area contributed by atoms with E-state index >= 15 is 0 Å². The molecule has 3 N–H and O–H groups in total. The van der Waals surface area contributed by atoms with Gasteiger partial charge in [-0.25, -0.2) is 0 Å². The molecule has 0 spiro atoms. The monoisotopic (exact) mass is 201 g/mol. The van der Waals surface area contributed by atoms with Gasteiger partial charge >= 0.3 is 0 Å². The maximum atomic E-state index is 10.5. The first kappa shape index (κ1) is 15.4. The fourth-order valence-electron chi connectivity index (χ4n) is 0.794. The first-order chi connectivity index (χ1) is 6.66. The fraction of sp³-hybridized carbons (Fsp3) is 0.800. The highest BCUT2D eigenvalue weighted by Gasteiger charge is 1.93. The third kappa shape index (κ3) is 13.5. The number of carbonyl (C=O) groups is 1. The first-order valence-electron chi connectivity index (χ1n) is 5.12. The summed E-state index contributed by atoms with van der Waals surface area (Å²) in [6.07, 6.45) is 2.53. The Labute approximate surface area is 87.0 Å². The minimum Gasteiger partial charge on any atom is -0.370 e. The van der Waals surface area contributed by atoms with Crippen LogP contribution in [-0.2, 0) is 4.79 Å². The van der Waals surface area contributed by atoms with Crippen LogP contribution in [-0.4, -0.2) is 25.3 Å². The topological polar surface area (TPSA) is 67.5 Å². The normalized spacial score (nSPS) is 10.1. The van der Waals surface area contributed by atoms with Gasteiger partial charge < -0.3 is 15.8 Å². The van der Waals surface area contributed by atoms with Crippen LogP contribution >= 0.6 is 0 Å². The summed E-state index contributed by atoms with van der Waals surface area (Å²) >= 11 is 0. The number of nitrogens with zero attached hydrogens (tertiary/aromatic N) is 1. The molecule has 0 rings (SSSR count). The summed E-state index contributed by atoms with van der Waals surface area (Å²) in [7, 11) is 1.64. The molecule has 0 amide bonds. The van der Waals surface area contributed by atoms with Gasteiger partial charge in [-0.1, -0.05) is 13.8 Å². The predicted molar refractivity (Wildman–Crippen MR) is 61.4 cm³/mol. The SMILES string of the molecule is CC.CN=C(N)NCCCCC(C)=O. The van der Waals surface area contributed by atoms with Gasteiger partial charge in [0, 0.05) is 20.0 Å². The molecule has 0 saturated carbocycles. The third-order valence-electron chi connectivity index (χ3n) is 1.50. The van der Waals surface area contributed by atoms with Gasteiger partial charge in [-0.3, -0.25) is 4.99 Å². The van der Waals surface area contributed by atoms with E-state index in [1.807, 2.05) is 13.8 Å². The number of unbranched alkanes of at least 4 members (excludes halogenated alkanes) is 1. The summed E-state index contributed by atoms with van der Waals surface area (Å²) < 4.78 is 0. The van der Waals surface area contributed by atoms with Crippen LogP contribution in [0.25, 0.3) is 0 Å². The maximum Gasteiger partial charge on any atom is 0.188 e. The van der Waals surface area contributed by atoms with E-state index in [2.05, 4.69) is 10.3 Å². The summed E-state index contributed by atoms with van der Waals surface area (Å²) in [6, 6.07) is 0. The molecular weight excluding hydrogens is 178 g/mol. The Morgan fingerprint density at radius 2 is 1.93 bits per heavy atom. The van der Waals surface area contributed by atoms with Crippen LogP contribution in [0.15, 0.2) is 4.99 Å². The number of rotatable bonds is 5. The van der Waals surface area contributed by atoms with Gasteiger partial charge in [0.15, 0.2) is 5.96 Å². The zero-order chi connectivity index (χ0) is 11.4. The van der Waals surface area contributed by atoms with Gasteiger partial charge in [0.25, 0.3) is 0 Å².